The van der Waals surface area contributed by atoms with Gasteiger partial charge in [-0.3, -0.25) is 0 Å². The van der Waals surface area contributed by atoms with Crippen LogP contribution in [-0.4, -0.2) is 13.1 Å². The summed E-state index contributed by atoms with van der Waals surface area (Å²) in [6.45, 7) is 0. The van der Waals surface area contributed by atoms with Crippen LogP contribution in [-0.2, 0) is 0 Å². The molecule has 17 heavy (non-hydrogen) atoms. The molecule has 3 heteroatoms. The Hall–Kier alpha value is -0.600. The molecule has 1 aromatic carbocycles. The molecule has 2 rings (SSSR count). The van der Waals surface area contributed by atoms with Crippen molar-refractivity contribution in [3.63, 3.8) is 0 Å². The molecule has 1 saturated carbocycles. The highest BCUT2D eigenvalue weighted by atomic mass is 35.5. The summed E-state index contributed by atoms with van der Waals surface area (Å²) >= 11 is 5.80. The fourth-order valence-electron chi connectivity index (χ4n) is 2.83. The van der Waals surface area contributed by atoms with Crippen LogP contribution in [0.1, 0.15) is 43.6 Å². The Balaban J connectivity index is 2.28. The zero-order valence-electron chi connectivity index (χ0n) is 10.2. The van der Waals surface area contributed by atoms with Crippen LogP contribution in [0.4, 0.5) is 4.39 Å². The molecule has 1 aliphatic rings. The molecule has 0 aromatic heterocycles. The topological polar surface area (TPSA) is 12.0 Å². The van der Waals surface area contributed by atoms with Gasteiger partial charge in [0.1, 0.15) is 5.82 Å². The van der Waals surface area contributed by atoms with E-state index in [9.17, 15) is 4.39 Å². The lowest BCUT2D eigenvalue weighted by molar-refractivity contribution is 0.425. The van der Waals surface area contributed by atoms with Crippen LogP contribution in [0.5, 0.6) is 0 Å². The van der Waals surface area contributed by atoms with Crippen LogP contribution in [0.15, 0.2) is 18.2 Å². The van der Waals surface area contributed by atoms with Gasteiger partial charge in [-0.1, -0.05) is 36.9 Å². The van der Waals surface area contributed by atoms with Crippen LogP contribution in [0, 0.1) is 5.82 Å². The Kier molecular flexibility index (Phi) is 4.41. The van der Waals surface area contributed by atoms with Crippen molar-refractivity contribution >= 4 is 11.6 Å². The van der Waals surface area contributed by atoms with Crippen molar-refractivity contribution in [1.82, 2.24) is 5.32 Å². The van der Waals surface area contributed by atoms with Gasteiger partial charge in [-0.15, -0.1) is 0 Å². The summed E-state index contributed by atoms with van der Waals surface area (Å²) in [5, 5.41) is 3.81. The molecule has 0 saturated heterocycles. The maximum absolute atomic E-state index is 14.0. The Bertz CT molecular complexity index is 380. The lowest BCUT2D eigenvalue weighted by Crippen LogP contribution is -2.31. The molecule has 1 nitrogen and oxygen atoms in total. The molecule has 0 aliphatic heterocycles. The van der Waals surface area contributed by atoms with Gasteiger partial charge >= 0.3 is 0 Å². The second-order valence-electron chi connectivity index (χ2n) is 4.81. The summed E-state index contributed by atoms with van der Waals surface area (Å²) in [6.07, 6.45) is 5.86. The van der Waals surface area contributed by atoms with Crippen molar-refractivity contribution < 1.29 is 4.39 Å². The van der Waals surface area contributed by atoms with Crippen molar-refractivity contribution in [2.24, 2.45) is 0 Å². The highest BCUT2D eigenvalue weighted by molar-refractivity contribution is 6.30. The van der Waals surface area contributed by atoms with Gasteiger partial charge in [-0.05, 0) is 37.6 Å². The first-order valence-electron chi connectivity index (χ1n) is 6.34. The predicted molar refractivity (Wildman–Crippen MR) is 70.1 cm³/mol. The molecule has 2 unspecified atom stereocenters. The number of nitrogens with one attached hydrogen (secondary N) is 1. The third-order valence-electron chi connectivity index (χ3n) is 3.75. The molecule has 1 aliphatic carbocycles. The van der Waals surface area contributed by atoms with E-state index in [2.05, 4.69) is 5.32 Å². The summed E-state index contributed by atoms with van der Waals surface area (Å²) < 4.78 is 14.0. The Morgan fingerprint density at radius 2 is 2.00 bits per heavy atom. The van der Waals surface area contributed by atoms with E-state index in [0.29, 0.717) is 11.1 Å². The second-order valence-corrected chi connectivity index (χ2v) is 5.24. The average molecular weight is 256 g/mol. The van der Waals surface area contributed by atoms with Crippen molar-refractivity contribution in [2.45, 2.75) is 44.1 Å². The second kappa shape index (κ2) is 5.83. The van der Waals surface area contributed by atoms with E-state index < -0.39 is 0 Å². The standard InChI is InChI=1S/C14H19ClFN/c1-17-14-6-4-2-3-5-12(14)11-8-7-10(15)9-13(11)16/h7-9,12,14,17H,2-6H2,1H3. The Morgan fingerprint density at radius 3 is 2.71 bits per heavy atom. The predicted octanol–water partition coefficient (Wildman–Crippen LogP) is 4.11. The van der Waals surface area contributed by atoms with E-state index in [1.807, 2.05) is 13.1 Å². The first-order chi connectivity index (χ1) is 8.22. The van der Waals surface area contributed by atoms with Gasteiger partial charge in [-0.2, -0.15) is 0 Å². The zero-order chi connectivity index (χ0) is 12.3. The fourth-order valence-corrected chi connectivity index (χ4v) is 2.99. The highest BCUT2D eigenvalue weighted by Gasteiger charge is 2.25. The van der Waals surface area contributed by atoms with Gasteiger partial charge in [0.2, 0.25) is 0 Å². The van der Waals surface area contributed by atoms with Gasteiger partial charge in [0.15, 0.2) is 0 Å². The van der Waals surface area contributed by atoms with Gasteiger partial charge in [0.05, 0.1) is 0 Å². The van der Waals surface area contributed by atoms with Gasteiger partial charge < -0.3 is 5.32 Å². The van der Waals surface area contributed by atoms with E-state index in [-0.39, 0.29) is 11.7 Å². The van der Waals surface area contributed by atoms with Crippen molar-refractivity contribution in [3.05, 3.63) is 34.6 Å². The van der Waals surface area contributed by atoms with Gasteiger partial charge in [0, 0.05) is 17.0 Å². The van der Waals surface area contributed by atoms with E-state index in [1.54, 1.807) is 6.07 Å². The first-order valence-corrected chi connectivity index (χ1v) is 6.72. The third-order valence-corrected chi connectivity index (χ3v) is 3.98. The third kappa shape index (κ3) is 2.99. The molecule has 94 valence electrons. The molecule has 1 N–H and O–H groups in total. The lowest BCUT2D eigenvalue weighted by atomic mass is 9.87. The molecule has 0 heterocycles. The minimum absolute atomic E-state index is 0.162. The minimum atomic E-state index is -0.162. The monoisotopic (exact) mass is 255 g/mol. The normalized spacial score (nSPS) is 25.6. The van der Waals surface area contributed by atoms with Crippen LogP contribution in [0.3, 0.4) is 0 Å². The summed E-state index contributed by atoms with van der Waals surface area (Å²) in [6, 6.07) is 5.44. The number of hydrogen-bond donors (Lipinski definition) is 1. The number of likely N-dealkylation sites (N-methyl/N-ethyl adjacent to an activating group) is 1. The Morgan fingerprint density at radius 1 is 1.24 bits per heavy atom. The fraction of sp³-hybridized carbons (Fsp3) is 0.571. The summed E-state index contributed by atoms with van der Waals surface area (Å²) in [5.74, 6) is 0.115. The molecule has 0 bridgehead atoms. The summed E-state index contributed by atoms with van der Waals surface area (Å²) in [5.41, 5.74) is 0.815. The lowest BCUT2D eigenvalue weighted by Gasteiger charge is -2.25. The number of hydrogen-bond acceptors (Lipinski definition) is 1. The maximum atomic E-state index is 14.0. The van der Waals surface area contributed by atoms with Crippen molar-refractivity contribution in [3.8, 4) is 0 Å². The Labute approximate surface area is 107 Å². The van der Waals surface area contributed by atoms with Crippen molar-refractivity contribution in [1.29, 1.82) is 0 Å². The molecule has 1 aromatic rings. The zero-order valence-corrected chi connectivity index (χ0v) is 10.9. The van der Waals surface area contributed by atoms with E-state index in [0.717, 1.165) is 18.4 Å². The summed E-state index contributed by atoms with van der Waals surface area (Å²) in [4.78, 5) is 0. The average Bonchev–Trinajstić information content (AvgIpc) is 2.54. The molecule has 0 amide bonds. The quantitative estimate of drug-likeness (QED) is 0.784. The molecular formula is C14H19ClFN. The molecule has 2 atom stereocenters. The highest BCUT2D eigenvalue weighted by Crippen LogP contribution is 2.34. The molecule has 1 fully saturated rings. The summed E-state index contributed by atoms with van der Waals surface area (Å²) in [7, 11) is 1.97. The smallest absolute Gasteiger partial charge is 0.128 e. The van der Waals surface area contributed by atoms with Crippen LogP contribution >= 0.6 is 11.6 Å². The SMILES string of the molecule is CNC1CCCCCC1c1ccc(Cl)cc1F. The van der Waals surface area contributed by atoms with Crippen molar-refractivity contribution in [2.75, 3.05) is 7.05 Å². The first kappa shape index (κ1) is 12.8. The van der Waals surface area contributed by atoms with Crippen LogP contribution < -0.4 is 5.32 Å². The van der Waals surface area contributed by atoms with Gasteiger partial charge in [0.25, 0.3) is 0 Å². The minimum Gasteiger partial charge on any atom is -0.316 e. The van der Waals surface area contributed by atoms with E-state index >= 15 is 0 Å². The van der Waals surface area contributed by atoms with E-state index in [1.165, 1.54) is 25.3 Å². The molecule has 0 spiro atoms. The molecule has 0 radical (unpaired) electrons. The largest absolute Gasteiger partial charge is 0.316 e. The van der Waals surface area contributed by atoms with Crippen LogP contribution in [0.2, 0.25) is 5.02 Å². The number of rotatable bonds is 2. The van der Waals surface area contributed by atoms with Crippen LogP contribution in [0.25, 0.3) is 0 Å². The number of halogens is 2. The van der Waals surface area contributed by atoms with E-state index in [4.69, 9.17) is 11.6 Å². The maximum Gasteiger partial charge on any atom is 0.128 e. The number of benzene rings is 1. The van der Waals surface area contributed by atoms with Gasteiger partial charge in [-0.25, -0.2) is 4.39 Å². The molecular weight excluding hydrogens is 237 g/mol.